The van der Waals surface area contributed by atoms with Gasteiger partial charge in [-0.25, -0.2) is 0 Å². The summed E-state index contributed by atoms with van der Waals surface area (Å²) < 4.78 is 4.30. The molecule has 0 saturated heterocycles. The molecule has 0 bridgehead atoms. The van der Waals surface area contributed by atoms with Crippen molar-refractivity contribution in [1.82, 2.24) is 0 Å². The Bertz CT molecular complexity index is 1410. The number of hydrogen-bond acceptors (Lipinski definition) is 0. The maximum atomic E-state index is 2.42. The molecule has 0 N–H and O–H groups in total. The van der Waals surface area contributed by atoms with E-state index < -0.39 is 14.7 Å². The van der Waals surface area contributed by atoms with Crippen LogP contribution in [0.3, 0.4) is 0 Å². The molecule has 0 saturated carbocycles. The third-order valence-corrected chi connectivity index (χ3v) is 11.6. The SMILES string of the molecule is c1ccc(-c2cccc([As](c3cccc(-c4ccccc4)c3)c3cccc(-c4ccccc4)c3)c2)cc1. The summed E-state index contributed by atoms with van der Waals surface area (Å²) in [6.07, 6.45) is 0. The first-order valence-electron chi connectivity index (χ1n) is 12.6. The summed E-state index contributed by atoms with van der Waals surface area (Å²) >= 11 is -1.86. The van der Waals surface area contributed by atoms with Crippen LogP contribution < -0.4 is 13.1 Å². The van der Waals surface area contributed by atoms with Crippen molar-refractivity contribution in [3.8, 4) is 33.4 Å². The molecule has 6 aromatic carbocycles. The van der Waals surface area contributed by atoms with Gasteiger partial charge < -0.3 is 0 Å². The first-order chi connectivity index (χ1) is 18.3. The van der Waals surface area contributed by atoms with Crippen LogP contribution in [0.25, 0.3) is 33.4 Å². The fourth-order valence-corrected chi connectivity index (χ4v) is 9.86. The second-order valence-electron chi connectivity index (χ2n) is 9.08. The van der Waals surface area contributed by atoms with E-state index in [4.69, 9.17) is 0 Å². The zero-order chi connectivity index (χ0) is 24.9. The van der Waals surface area contributed by atoms with E-state index in [0.717, 1.165) is 0 Å². The van der Waals surface area contributed by atoms with Crippen LogP contribution in [-0.2, 0) is 0 Å². The van der Waals surface area contributed by atoms with Crippen LogP contribution in [0.1, 0.15) is 0 Å². The summed E-state index contributed by atoms with van der Waals surface area (Å²) in [5.41, 5.74) is 7.60. The van der Waals surface area contributed by atoms with Crippen molar-refractivity contribution >= 4 is 27.7 Å². The third kappa shape index (κ3) is 5.21. The minimum absolute atomic E-state index is 1.26. The molecule has 0 amide bonds. The van der Waals surface area contributed by atoms with Crippen molar-refractivity contribution in [3.63, 3.8) is 0 Å². The van der Waals surface area contributed by atoms with Gasteiger partial charge in [0.1, 0.15) is 0 Å². The Hall–Kier alpha value is -4.12. The first kappa shape index (κ1) is 23.3. The summed E-state index contributed by atoms with van der Waals surface area (Å²) in [6, 6.07) is 59.7. The van der Waals surface area contributed by atoms with Crippen LogP contribution >= 0.6 is 0 Å². The molecule has 0 aliphatic rings. The molecule has 0 atom stereocenters. The summed E-state index contributed by atoms with van der Waals surface area (Å²) in [6.45, 7) is 0. The maximum absolute atomic E-state index is 2.42. The Balaban J connectivity index is 1.51. The normalized spacial score (nSPS) is 10.9. The van der Waals surface area contributed by atoms with Gasteiger partial charge >= 0.3 is 225 Å². The molecule has 176 valence electrons. The monoisotopic (exact) mass is 534 g/mol. The first-order valence-corrected chi connectivity index (χ1v) is 15.4. The standard InChI is InChI=1S/C36H27As/c1-4-13-28(14-5-1)31-19-10-22-34(25-31)37(35-23-11-20-32(26-35)29-15-6-2-7-16-29)36-24-12-21-33(27-36)30-17-8-3-9-18-30/h1-27H. The molecule has 0 aliphatic heterocycles. The Morgan fingerprint density at radius 3 is 0.811 bits per heavy atom. The van der Waals surface area contributed by atoms with E-state index in [1.165, 1.54) is 46.4 Å². The van der Waals surface area contributed by atoms with Crippen molar-refractivity contribution in [2.75, 3.05) is 0 Å². The molecule has 0 heterocycles. The van der Waals surface area contributed by atoms with Crippen LogP contribution in [0.5, 0.6) is 0 Å². The molecule has 0 unspecified atom stereocenters. The Labute approximate surface area is 224 Å². The molecule has 0 fully saturated rings. The average molecular weight is 535 g/mol. The van der Waals surface area contributed by atoms with E-state index in [9.17, 15) is 0 Å². The van der Waals surface area contributed by atoms with Gasteiger partial charge in [0.2, 0.25) is 0 Å². The van der Waals surface area contributed by atoms with Crippen LogP contribution in [0.15, 0.2) is 164 Å². The van der Waals surface area contributed by atoms with Gasteiger partial charge in [-0.15, -0.1) is 0 Å². The summed E-state index contributed by atoms with van der Waals surface area (Å²) in [5.74, 6) is 0. The van der Waals surface area contributed by atoms with Crippen molar-refractivity contribution in [2.24, 2.45) is 0 Å². The summed E-state index contributed by atoms with van der Waals surface area (Å²) in [4.78, 5) is 0. The van der Waals surface area contributed by atoms with Gasteiger partial charge in [0.25, 0.3) is 0 Å². The van der Waals surface area contributed by atoms with Gasteiger partial charge in [-0.05, 0) is 0 Å². The van der Waals surface area contributed by atoms with Gasteiger partial charge in [0.05, 0.1) is 0 Å². The summed E-state index contributed by atoms with van der Waals surface area (Å²) in [7, 11) is 0. The molecule has 6 rings (SSSR count). The van der Waals surface area contributed by atoms with Gasteiger partial charge in [-0.1, -0.05) is 0 Å². The van der Waals surface area contributed by atoms with E-state index in [1.54, 1.807) is 0 Å². The van der Waals surface area contributed by atoms with E-state index in [0.29, 0.717) is 0 Å². The number of benzene rings is 6. The quantitative estimate of drug-likeness (QED) is 0.198. The van der Waals surface area contributed by atoms with Crippen molar-refractivity contribution < 1.29 is 0 Å². The van der Waals surface area contributed by atoms with Gasteiger partial charge in [-0.2, -0.15) is 0 Å². The molecule has 0 radical (unpaired) electrons. The fourth-order valence-electron chi connectivity index (χ4n) is 4.81. The molecular weight excluding hydrogens is 507 g/mol. The average Bonchev–Trinajstić information content (AvgIpc) is 2.99. The zero-order valence-corrected chi connectivity index (χ0v) is 22.4. The molecule has 37 heavy (non-hydrogen) atoms. The zero-order valence-electron chi connectivity index (χ0n) is 20.5. The van der Waals surface area contributed by atoms with Crippen LogP contribution in [0.4, 0.5) is 0 Å². The second-order valence-corrected chi connectivity index (χ2v) is 13.7. The van der Waals surface area contributed by atoms with Crippen molar-refractivity contribution in [3.05, 3.63) is 164 Å². The van der Waals surface area contributed by atoms with Crippen molar-refractivity contribution in [2.45, 2.75) is 0 Å². The molecular formula is C36H27As. The van der Waals surface area contributed by atoms with Gasteiger partial charge in [-0.3, -0.25) is 0 Å². The van der Waals surface area contributed by atoms with Crippen LogP contribution in [-0.4, -0.2) is 14.7 Å². The molecule has 0 aromatic heterocycles. The number of hydrogen-bond donors (Lipinski definition) is 0. The fraction of sp³-hybridized carbons (Fsp3) is 0. The summed E-state index contributed by atoms with van der Waals surface area (Å²) in [5, 5.41) is 0. The Kier molecular flexibility index (Phi) is 6.84. The van der Waals surface area contributed by atoms with Crippen LogP contribution in [0.2, 0.25) is 0 Å². The molecule has 0 nitrogen and oxygen atoms in total. The Morgan fingerprint density at radius 1 is 0.243 bits per heavy atom. The molecule has 0 spiro atoms. The van der Waals surface area contributed by atoms with Gasteiger partial charge in [0, 0.05) is 0 Å². The van der Waals surface area contributed by atoms with E-state index >= 15 is 0 Å². The van der Waals surface area contributed by atoms with E-state index in [1.807, 2.05) is 0 Å². The predicted octanol–water partition coefficient (Wildman–Crippen LogP) is 7.20. The molecule has 1 heteroatoms. The van der Waals surface area contributed by atoms with Gasteiger partial charge in [0.15, 0.2) is 0 Å². The third-order valence-electron chi connectivity index (χ3n) is 6.63. The predicted molar refractivity (Wildman–Crippen MR) is 160 cm³/mol. The van der Waals surface area contributed by atoms with E-state index in [-0.39, 0.29) is 0 Å². The van der Waals surface area contributed by atoms with Crippen LogP contribution in [0, 0.1) is 0 Å². The minimum atomic E-state index is -1.86. The van der Waals surface area contributed by atoms with Crippen molar-refractivity contribution in [1.29, 1.82) is 0 Å². The molecule has 6 aromatic rings. The topological polar surface area (TPSA) is 0 Å². The second kappa shape index (κ2) is 10.9. The Morgan fingerprint density at radius 2 is 0.514 bits per heavy atom. The van der Waals surface area contributed by atoms with E-state index in [2.05, 4.69) is 164 Å². The molecule has 0 aliphatic carbocycles. The number of rotatable bonds is 6.